The van der Waals surface area contributed by atoms with Gasteiger partial charge in [-0.1, -0.05) is 25.6 Å². The number of nitrogens with zero attached hydrogens (tertiary/aromatic N) is 4. The van der Waals surface area contributed by atoms with Crippen molar-refractivity contribution in [3.63, 3.8) is 0 Å². The van der Waals surface area contributed by atoms with Crippen molar-refractivity contribution in [3.8, 4) is 0 Å². The Balaban J connectivity index is 1.66. The van der Waals surface area contributed by atoms with E-state index in [1.807, 2.05) is 11.0 Å². The number of thioether (sulfide) groups is 1. The van der Waals surface area contributed by atoms with Crippen LogP contribution < -0.4 is 4.90 Å². The zero-order valence-corrected chi connectivity index (χ0v) is 17.2. The van der Waals surface area contributed by atoms with Gasteiger partial charge in [0.2, 0.25) is 0 Å². The Morgan fingerprint density at radius 1 is 1.26 bits per heavy atom. The van der Waals surface area contributed by atoms with E-state index in [0.717, 1.165) is 67.7 Å². The van der Waals surface area contributed by atoms with Gasteiger partial charge in [0.15, 0.2) is 10.9 Å². The summed E-state index contributed by atoms with van der Waals surface area (Å²) in [5.41, 5.74) is 1.04. The molecule has 1 aliphatic heterocycles. The molecule has 3 heterocycles. The Bertz CT molecular complexity index is 771. The fourth-order valence-electron chi connectivity index (χ4n) is 3.13. The monoisotopic (exact) mass is 388 g/mol. The lowest BCUT2D eigenvalue weighted by Gasteiger charge is -2.18. The molecule has 1 fully saturated rings. The smallest absolute Gasteiger partial charge is 0.289 e. The van der Waals surface area contributed by atoms with E-state index in [2.05, 4.69) is 41.8 Å². The lowest BCUT2D eigenvalue weighted by atomic mass is 10.3. The van der Waals surface area contributed by atoms with Crippen molar-refractivity contribution in [2.75, 3.05) is 31.6 Å². The van der Waals surface area contributed by atoms with Crippen molar-refractivity contribution in [2.24, 2.45) is 0 Å². The minimum Gasteiger partial charge on any atom is -0.455 e. The van der Waals surface area contributed by atoms with Gasteiger partial charge in [0.05, 0.1) is 5.75 Å². The van der Waals surface area contributed by atoms with Crippen LogP contribution in [0.1, 0.15) is 55.1 Å². The molecule has 2 aromatic rings. The highest BCUT2D eigenvalue weighted by Crippen LogP contribution is 2.24. The standard InChI is InChI=1S/C20H28N4O2S/c1-4-10-23(3)18-13-15(5-2)21-20(22-18)27-14-16-8-9-17(26-16)19(25)24-11-6-7-12-24/h8-9,13H,4-7,10-12,14H2,1-3H3. The molecule has 1 amide bonds. The largest absolute Gasteiger partial charge is 0.455 e. The quantitative estimate of drug-likeness (QED) is 0.503. The first-order valence-corrected chi connectivity index (χ1v) is 10.7. The second-order valence-electron chi connectivity index (χ2n) is 6.83. The van der Waals surface area contributed by atoms with E-state index >= 15 is 0 Å². The van der Waals surface area contributed by atoms with Crippen molar-refractivity contribution in [2.45, 2.75) is 50.4 Å². The van der Waals surface area contributed by atoms with Crippen molar-refractivity contribution in [1.82, 2.24) is 14.9 Å². The lowest BCUT2D eigenvalue weighted by molar-refractivity contribution is 0.0760. The molecule has 6 nitrogen and oxygen atoms in total. The molecule has 0 atom stereocenters. The highest BCUT2D eigenvalue weighted by molar-refractivity contribution is 7.98. The van der Waals surface area contributed by atoms with E-state index < -0.39 is 0 Å². The first-order chi connectivity index (χ1) is 13.1. The number of furan rings is 1. The molecule has 0 spiro atoms. The topological polar surface area (TPSA) is 62.5 Å². The summed E-state index contributed by atoms with van der Waals surface area (Å²) in [5, 5.41) is 0.746. The number of aryl methyl sites for hydroxylation is 1. The van der Waals surface area contributed by atoms with Crippen molar-refractivity contribution >= 4 is 23.5 Å². The minimum absolute atomic E-state index is 0.00328. The van der Waals surface area contributed by atoms with Crippen LogP contribution in [0.15, 0.2) is 27.8 Å². The van der Waals surface area contributed by atoms with Crippen LogP contribution in [0.3, 0.4) is 0 Å². The van der Waals surface area contributed by atoms with Gasteiger partial charge in [0.25, 0.3) is 5.91 Å². The van der Waals surface area contributed by atoms with Gasteiger partial charge in [0.1, 0.15) is 11.6 Å². The zero-order valence-electron chi connectivity index (χ0n) is 16.4. The summed E-state index contributed by atoms with van der Waals surface area (Å²) in [4.78, 5) is 25.7. The van der Waals surface area contributed by atoms with E-state index in [9.17, 15) is 4.79 Å². The average molecular weight is 389 g/mol. The maximum Gasteiger partial charge on any atom is 0.289 e. The second-order valence-corrected chi connectivity index (χ2v) is 7.77. The summed E-state index contributed by atoms with van der Waals surface area (Å²) in [6.07, 6.45) is 4.10. The number of hydrogen-bond acceptors (Lipinski definition) is 6. The molecular formula is C20H28N4O2S. The molecular weight excluding hydrogens is 360 g/mol. The van der Waals surface area contributed by atoms with Crippen molar-refractivity contribution in [1.29, 1.82) is 0 Å². The van der Waals surface area contributed by atoms with Gasteiger partial charge < -0.3 is 14.2 Å². The number of hydrogen-bond donors (Lipinski definition) is 0. The normalized spacial score (nSPS) is 14.0. The molecule has 7 heteroatoms. The molecule has 0 saturated carbocycles. The predicted molar refractivity (Wildman–Crippen MR) is 108 cm³/mol. The summed E-state index contributed by atoms with van der Waals surface area (Å²) in [7, 11) is 2.06. The lowest BCUT2D eigenvalue weighted by Crippen LogP contribution is -2.27. The van der Waals surface area contributed by atoms with Gasteiger partial charge in [-0.3, -0.25) is 4.79 Å². The number of amides is 1. The molecule has 3 rings (SSSR count). The third-order valence-corrected chi connectivity index (χ3v) is 5.54. The van der Waals surface area contributed by atoms with Crippen LogP contribution in [0.25, 0.3) is 0 Å². The van der Waals surface area contributed by atoms with Crippen LogP contribution in [0, 0.1) is 0 Å². The molecule has 146 valence electrons. The van der Waals surface area contributed by atoms with Gasteiger partial charge in [0, 0.05) is 38.4 Å². The Morgan fingerprint density at radius 2 is 2.04 bits per heavy atom. The highest BCUT2D eigenvalue weighted by atomic mass is 32.2. The maximum absolute atomic E-state index is 12.4. The predicted octanol–water partition coefficient (Wildman–Crippen LogP) is 4.01. The second kappa shape index (κ2) is 9.26. The molecule has 0 bridgehead atoms. The van der Waals surface area contributed by atoms with Gasteiger partial charge >= 0.3 is 0 Å². The van der Waals surface area contributed by atoms with E-state index in [0.29, 0.717) is 11.5 Å². The van der Waals surface area contributed by atoms with E-state index in [1.165, 1.54) is 0 Å². The molecule has 0 aliphatic carbocycles. The molecule has 0 aromatic carbocycles. The number of aromatic nitrogens is 2. The number of anilines is 1. The van der Waals surface area contributed by atoms with Gasteiger partial charge in [-0.15, -0.1) is 0 Å². The molecule has 2 aromatic heterocycles. The Hall–Kier alpha value is -2.02. The SMILES string of the molecule is CCCN(C)c1cc(CC)nc(SCc2ccc(C(=O)N3CCCC3)o2)n1. The van der Waals surface area contributed by atoms with Crippen LogP contribution in [-0.2, 0) is 12.2 Å². The Kier molecular flexibility index (Phi) is 6.77. The molecule has 0 N–H and O–H groups in total. The summed E-state index contributed by atoms with van der Waals surface area (Å²) < 4.78 is 5.77. The summed E-state index contributed by atoms with van der Waals surface area (Å²) >= 11 is 1.54. The molecule has 0 radical (unpaired) electrons. The fourth-order valence-corrected chi connectivity index (χ4v) is 3.90. The van der Waals surface area contributed by atoms with Crippen LogP contribution in [0.5, 0.6) is 0 Å². The number of likely N-dealkylation sites (tertiary alicyclic amines) is 1. The van der Waals surface area contributed by atoms with Gasteiger partial charge in [-0.2, -0.15) is 0 Å². The van der Waals surface area contributed by atoms with Gasteiger partial charge in [-0.05, 0) is 37.8 Å². The molecule has 0 unspecified atom stereocenters. The third kappa shape index (κ3) is 5.03. The molecule has 27 heavy (non-hydrogen) atoms. The fraction of sp³-hybridized carbons (Fsp3) is 0.550. The number of carbonyl (C=O) groups is 1. The zero-order chi connectivity index (χ0) is 19.2. The first-order valence-electron chi connectivity index (χ1n) is 9.70. The average Bonchev–Trinajstić information content (AvgIpc) is 3.38. The number of carbonyl (C=O) groups excluding carboxylic acids is 1. The van der Waals surface area contributed by atoms with E-state index in [1.54, 1.807) is 17.8 Å². The molecule has 1 saturated heterocycles. The van der Waals surface area contributed by atoms with Crippen LogP contribution in [0.4, 0.5) is 5.82 Å². The first kappa shape index (κ1) is 19.7. The number of rotatable bonds is 8. The summed E-state index contributed by atoms with van der Waals surface area (Å²) in [6.45, 7) is 6.88. The molecule has 1 aliphatic rings. The van der Waals surface area contributed by atoms with Crippen LogP contribution >= 0.6 is 11.8 Å². The van der Waals surface area contributed by atoms with Crippen LogP contribution in [0.2, 0.25) is 0 Å². The van der Waals surface area contributed by atoms with Crippen LogP contribution in [-0.4, -0.2) is 47.5 Å². The maximum atomic E-state index is 12.4. The summed E-state index contributed by atoms with van der Waals surface area (Å²) in [6, 6.07) is 5.71. The van der Waals surface area contributed by atoms with Gasteiger partial charge in [-0.25, -0.2) is 9.97 Å². The summed E-state index contributed by atoms with van der Waals surface area (Å²) in [5.74, 6) is 2.76. The Labute approximate surface area is 165 Å². The van der Waals surface area contributed by atoms with E-state index in [-0.39, 0.29) is 5.91 Å². The van der Waals surface area contributed by atoms with Crippen molar-refractivity contribution in [3.05, 3.63) is 35.4 Å². The van der Waals surface area contributed by atoms with Crippen molar-refractivity contribution < 1.29 is 9.21 Å². The van der Waals surface area contributed by atoms with E-state index in [4.69, 9.17) is 4.42 Å². The minimum atomic E-state index is -0.00328. The third-order valence-electron chi connectivity index (χ3n) is 4.67. The Morgan fingerprint density at radius 3 is 2.74 bits per heavy atom. The highest BCUT2D eigenvalue weighted by Gasteiger charge is 2.22.